The van der Waals surface area contributed by atoms with Crippen LogP contribution < -0.4 is 5.32 Å². The summed E-state index contributed by atoms with van der Waals surface area (Å²) in [4.78, 5) is 0. The molecule has 0 aliphatic heterocycles. The third kappa shape index (κ3) is 3.88. The molecule has 0 aromatic heterocycles. The van der Waals surface area contributed by atoms with Crippen molar-refractivity contribution in [2.75, 3.05) is 5.32 Å². The van der Waals surface area contributed by atoms with E-state index in [2.05, 4.69) is 24.4 Å². The van der Waals surface area contributed by atoms with E-state index in [9.17, 15) is 13.2 Å². The molecule has 1 aromatic carbocycles. The predicted octanol–water partition coefficient (Wildman–Crippen LogP) is 4.78. The van der Waals surface area contributed by atoms with Crippen molar-refractivity contribution >= 4 is 5.69 Å². The molecule has 106 valence electrons. The maximum atomic E-state index is 12.6. The maximum Gasteiger partial charge on any atom is 0.391 e. The van der Waals surface area contributed by atoms with Gasteiger partial charge in [-0.15, -0.1) is 0 Å². The Morgan fingerprint density at radius 2 is 1.63 bits per heavy atom. The van der Waals surface area contributed by atoms with Crippen LogP contribution in [-0.4, -0.2) is 12.2 Å². The summed E-state index contributed by atoms with van der Waals surface area (Å²) in [7, 11) is 0. The van der Waals surface area contributed by atoms with Crippen molar-refractivity contribution in [1.82, 2.24) is 0 Å². The highest BCUT2D eigenvalue weighted by Crippen LogP contribution is 2.38. The van der Waals surface area contributed by atoms with E-state index in [1.54, 1.807) is 0 Å². The van der Waals surface area contributed by atoms with Crippen LogP contribution in [0.25, 0.3) is 0 Å². The number of rotatable bonds is 3. The van der Waals surface area contributed by atoms with Gasteiger partial charge in [-0.2, -0.15) is 13.2 Å². The minimum absolute atomic E-state index is 0.172. The third-order valence-electron chi connectivity index (χ3n) is 3.92. The first-order chi connectivity index (χ1) is 8.99. The molecule has 0 heterocycles. The van der Waals surface area contributed by atoms with Crippen molar-refractivity contribution in [1.29, 1.82) is 0 Å². The molecule has 0 amide bonds. The minimum atomic E-state index is -4.02. The van der Waals surface area contributed by atoms with E-state index in [-0.39, 0.29) is 18.9 Å². The highest BCUT2D eigenvalue weighted by atomic mass is 19.4. The number of alkyl halides is 3. The number of halogens is 3. The molecule has 1 aromatic rings. The van der Waals surface area contributed by atoms with E-state index in [1.807, 2.05) is 12.1 Å². The fourth-order valence-electron chi connectivity index (χ4n) is 2.64. The van der Waals surface area contributed by atoms with Crippen molar-refractivity contribution in [2.24, 2.45) is 5.92 Å². The summed E-state index contributed by atoms with van der Waals surface area (Å²) in [5.41, 5.74) is 2.28. The maximum absolute atomic E-state index is 12.6. The minimum Gasteiger partial charge on any atom is -0.382 e. The largest absolute Gasteiger partial charge is 0.391 e. The van der Waals surface area contributed by atoms with Crippen LogP contribution in [0.5, 0.6) is 0 Å². The molecule has 1 saturated carbocycles. The molecular formula is C15H20F3N. The first kappa shape index (κ1) is 14.2. The van der Waals surface area contributed by atoms with Crippen LogP contribution in [0.4, 0.5) is 18.9 Å². The fourth-order valence-corrected chi connectivity index (χ4v) is 2.64. The summed E-state index contributed by atoms with van der Waals surface area (Å²) >= 11 is 0. The highest BCUT2D eigenvalue weighted by molar-refractivity contribution is 5.45. The van der Waals surface area contributed by atoms with Crippen molar-refractivity contribution in [3.05, 3.63) is 29.8 Å². The molecule has 1 aliphatic carbocycles. The summed E-state index contributed by atoms with van der Waals surface area (Å²) in [6.45, 7) is 2.10. The molecule has 1 nitrogen and oxygen atoms in total. The second kappa shape index (κ2) is 5.85. The van der Waals surface area contributed by atoms with E-state index >= 15 is 0 Å². The molecule has 1 fully saturated rings. The van der Waals surface area contributed by atoms with Gasteiger partial charge in [0.2, 0.25) is 0 Å². The normalized spacial score (nSPS) is 24.2. The highest BCUT2D eigenvalue weighted by Gasteiger charge is 2.41. The van der Waals surface area contributed by atoms with Crippen LogP contribution in [0.3, 0.4) is 0 Å². The second-order valence-corrected chi connectivity index (χ2v) is 5.28. The average Bonchev–Trinajstić information content (AvgIpc) is 2.39. The second-order valence-electron chi connectivity index (χ2n) is 5.28. The van der Waals surface area contributed by atoms with Gasteiger partial charge in [-0.3, -0.25) is 0 Å². The van der Waals surface area contributed by atoms with Gasteiger partial charge in [-0.1, -0.05) is 19.1 Å². The van der Waals surface area contributed by atoms with E-state index < -0.39 is 12.1 Å². The Labute approximate surface area is 112 Å². The van der Waals surface area contributed by atoms with Crippen molar-refractivity contribution in [3.8, 4) is 0 Å². The summed E-state index contributed by atoms with van der Waals surface area (Å²) < 4.78 is 37.7. The quantitative estimate of drug-likeness (QED) is 0.834. The Balaban J connectivity index is 1.85. The number of hydrogen-bond donors (Lipinski definition) is 1. The molecule has 4 heteroatoms. The lowest BCUT2D eigenvalue weighted by Gasteiger charge is -2.30. The SMILES string of the molecule is CCc1ccc(NC2CCC(C(F)(F)F)CC2)cc1. The Bertz CT molecular complexity index is 389. The smallest absolute Gasteiger partial charge is 0.382 e. The zero-order valence-corrected chi connectivity index (χ0v) is 11.1. The number of hydrogen-bond acceptors (Lipinski definition) is 1. The molecule has 1 aliphatic rings. The van der Waals surface area contributed by atoms with Crippen LogP contribution in [0.15, 0.2) is 24.3 Å². The Hall–Kier alpha value is -1.19. The molecule has 0 atom stereocenters. The van der Waals surface area contributed by atoms with Crippen molar-refractivity contribution < 1.29 is 13.2 Å². The predicted molar refractivity (Wildman–Crippen MR) is 71.2 cm³/mol. The van der Waals surface area contributed by atoms with Gasteiger partial charge in [0.05, 0.1) is 5.92 Å². The Morgan fingerprint density at radius 1 is 1.05 bits per heavy atom. The molecular weight excluding hydrogens is 251 g/mol. The van der Waals surface area contributed by atoms with Gasteiger partial charge in [0.1, 0.15) is 0 Å². The lowest BCUT2D eigenvalue weighted by atomic mass is 9.85. The van der Waals surface area contributed by atoms with E-state index in [0.29, 0.717) is 12.8 Å². The van der Waals surface area contributed by atoms with Crippen LogP contribution in [0, 0.1) is 5.92 Å². The van der Waals surface area contributed by atoms with Gasteiger partial charge >= 0.3 is 6.18 Å². The monoisotopic (exact) mass is 271 g/mol. The summed E-state index contributed by atoms with van der Waals surface area (Å²) in [6.07, 6.45) is -1.34. The van der Waals surface area contributed by atoms with E-state index in [1.165, 1.54) is 5.56 Å². The third-order valence-corrected chi connectivity index (χ3v) is 3.92. The first-order valence-corrected chi connectivity index (χ1v) is 6.91. The van der Waals surface area contributed by atoms with Crippen LogP contribution in [0.1, 0.15) is 38.2 Å². The molecule has 0 radical (unpaired) electrons. The zero-order chi connectivity index (χ0) is 13.9. The summed E-state index contributed by atoms with van der Waals surface area (Å²) in [6, 6.07) is 8.31. The summed E-state index contributed by atoms with van der Waals surface area (Å²) in [5.74, 6) is -1.10. The van der Waals surface area contributed by atoms with Crippen molar-refractivity contribution in [3.63, 3.8) is 0 Å². The van der Waals surface area contributed by atoms with Crippen LogP contribution >= 0.6 is 0 Å². The van der Waals surface area contributed by atoms with Gasteiger partial charge in [0, 0.05) is 11.7 Å². The Kier molecular flexibility index (Phi) is 4.38. The molecule has 19 heavy (non-hydrogen) atoms. The first-order valence-electron chi connectivity index (χ1n) is 6.91. The van der Waals surface area contributed by atoms with Gasteiger partial charge < -0.3 is 5.32 Å². The van der Waals surface area contributed by atoms with E-state index in [0.717, 1.165) is 12.1 Å². The van der Waals surface area contributed by atoms with Gasteiger partial charge in [-0.25, -0.2) is 0 Å². The number of nitrogens with one attached hydrogen (secondary N) is 1. The molecule has 0 spiro atoms. The topological polar surface area (TPSA) is 12.0 Å². The fraction of sp³-hybridized carbons (Fsp3) is 0.600. The zero-order valence-electron chi connectivity index (χ0n) is 11.1. The summed E-state index contributed by atoms with van der Waals surface area (Å²) in [5, 5.41) is 3.34. The van der Waals surface area contributed by atoms with Gasteiger partial charge in [0.25, 0.3) is 0 Å². The Morgan fingerprint density at radius 3 is 2.11 bits per heavy atom. The van der Waals surface area contributed by atoms with Crippen LogP contribution in [-0.2, 0) is 6.42 Å². The number of anilines is 1. The van der Waals surface area contributed by atoms with Crippen LogP contribution in [0.2, 0.25) is 0 Å². The lowest BCUT2D eigenvalue weighted by molar-refractivity contribution is -0.182. The average molecular weight is 271 g/mol. The van der Waals surface area contributed by atoms with Gasteiger partial charge in [-0.05, 0) is 49.8 Å². The molecule has 2 rings (SSSR count). The van der Waals surface area contributed by atoms with Gasteiger partial charge in [0.15, 0.2) is 0 Å². The van der Waals surface area contributed by atoms with Crippen molar-refractivity contribution in [2.45, 2.75) is 51.2 Å². The lowest BCUT2D eigenvalue weighted by Crippen LogP contribution is -2.32. The van der Waals surface area contributed by atoms with E-state index in [4.69, 9.17) is 0 Å². The number of benzene rings is 1. The number of aryl methyl sites for hydroxylation is 1. The molecule has 0 unspecified atom stereocenters. The standard InChI is InChI=1S/C15H20F3N/c1-2-11-3-7-13(8-4-11)19-14-9-5-12(6-10-14)15(16,17)18/h3-4,7-8,12,14,19H,2,5-6,9-10H2,1H3. The molecule has 0 bridgehead atoms. The molecule has 0 saturated heterocycles. The molecule has 1 N–H and O–H groups in total.